The van der Waals surface area contributed by atoms with Crippen LogP contribution in [0.2, 0.25) is 5.04 Å². The Balaban J connectivity index is 2.69. The highest BCUT2D eigenvalue weighted by atomic mass is 28.4. The molecular weight excluding hydrogens is 344 g/mol. The van der Waals surface area contributed by atoms with Crippen molar-refractivity contribution in [3.63, 3.8) is 0 Å². The zero-order valence-electron chi connectivity index (χ0n) is 15.5. The second-order valence-electron chi connectivity index (χ2n) is 7.22. The Morgan fingerprint density at radius 1 is 0.923 bits per heavy atom. The van der Waals surface area contributed by atoms with Crippen LogP contribution in [0.25, 0.3) is 0 Å². The number of carbonyl (C=O) groups is 2. The quantitative estimate of drug-likeness (QED) is 0.651. The Kier molecular flexibility index (Phi) is 5.82. The van der Waals surface area contributed by atoms with Crippen molar-refractivity contribution in [3.05, 3.63) is 72.3 Å². The molecule has 0 unspecified atom stereocenters. The van der Waals surface area contributed by atoms with Crippen LogP contribution in [0.4, 0.5) is 0 Å². The van der Waals surface area contributed by atoms with Gasteiger partial charge >= 0.3 is 20.3 Å². The highest BCUT2D eigenvalue weighted by Crippen LogP contribution is 2.37. The first-order valence-corrected chi connectivity index (χ1v) is 10.3. The van der Waals surface area contributed by atoms with Crippen LogP contribution in [0.15, 0.2) is 72.3 Å². The van der Waals surface area contributed by atoms with Crippen LogP contribution in [0, 0.1) is 0 Å². The van der Waals surface area contributed by atoms with E-state index in [1.54, 1.807) is 0 Å². The van der Waals surface area contributed by atoms with Gasteiger partial charge in [-0.3, -0.25) is 0 Å². The highest BCUT2D eigenvalue weighted by Gasteiger charge is 2.53. The lowest BCUT2D eigenvalue weighted by molar-refractivity contribution is -0.134. The van der Waals surface area contributed by atoms with Crippen molar-refractivity contribution in [1.82, 2.24) is 0 Å². The summed E-state index contributed by atoms with van der Waals surface area (Å²) in [5.74, 6) is -1.76. The molecule has 0 saturated carbocycles. The molecule has 2 aromatic carbocycles. The van der Waals surface area contributed by atoms with E-state index in [0.717, 1.165) is 16.4 Å². The van der Waals surface area contributed by atoms with E-state index in [0.29, 0.717) is 0 Å². The van der Waals surface area contributed by atoms with E-state index in [2.05, 4.69) is 20.8 Å². The Bertz CT molecular complexity index is 765. The predicted octanol–water partition coefficient (Wildman–Crippen LogP) is 3.12. The summed E-state index contributed by atoms with van der Waals surface area (Å²) in [6, 6.07) is 19.5. The largest absolute Gasteiger partial charge is 0.506 e. The third kappa shape index (κ3) is 3.94. The summed E-state index contributed by atoms with van der Waals surface area (Å²) in [4.78, 5) is 23.7. The number of carbonyl (C=O) groups excluding carboxylic acids is 1. The Morgan fingerprint density at radius 3 is 1.69 bits per heavy atom. The molecule has 0 aliphatic heterocycles. The predicted molar refractivity (Wildman–Crippen MR) is 105 cm³/mol. The molecule has 5 heteroatoms. The first-order chi connectivity index (χ1) is 12.2. The van der Waals surface area contributed by atoms with Crippen LogP contribution in [0.1, 0.15) is 27.7 Å². The van der Waals surface area contributed by atoms with E-state index in [9.17, 15) is 9.59 Å². The molecule has 0 aromatic heterocycles. The van der Waals surface area contributed by atoms with Crippen molar-refractivity contribution in [1.29, 1.82) is 0 Å². The Morgan fingerprint density at radius 2 is 1.35 bits per heavy atom. The lowest BCUT2D eigenvalue weighted by atomic mass is 10.2. The van der Waals surface area contributed by atoms with Crippen LogP contribution in [0.5, 0.6) is 0 Å². The fraction of sp³-hybridized carbons (Fsp3) is 0.238. The van der Waals surface area contributed by atoms with Crippen LogP contribution < -0.4 is 10.4 Å². The van der Waals surface area contributed by atoms with Crippen molar-refractivity contribution >= 4 is 30.6 Å². The molecule has 0 atom stereocenters. The summed E-state index contributed by atoms with van der Waals surface area (Å²) in [7, 11) is -3.01. The molecule has 0 heterocycles. The van der Waals surface area contributed by atoms with E-state index in [-0.39, 0.29) is 10.6 Å². The molecule has 0 bridgehead atoms. The molecule has 1 N–H and O–H groups in total. The van der Waals surface area contributed by atoms with Gasteiger partial charge in [-0.15, -0.1) is 0 Å². The minimum atomic E-state index is -3.01. The van der Waals surface area contributed by atoms with Gasteiger partial charge < -0.3 is 9.53 Å². The number of carboxylic acids is 1. The number of carboxylic acid groups (broad SMARTS) is 1. The molecule has 0 spiro atoms. The maximum Gasteiger partial charge on any atom is 0.328 e. The third-order valence-electron chi connectivity index (χ3n) is 4.32. The maximum absolute atomic E-state index is 12.8. The topological polar surface area (TPSA) is 63.6 Å². The average molecular weight is 369 g/mol. The lowest BCUT2D eigenvalue weighted by Crippen LogP contribution is -2.67. The molecule has 0 fully saturated rings. The summed E-state index contributed by atoms with van der Waals surface area (Å²) in [5, 5.41) is 10.5. The number of aliphatic carboxylic acids is 1. The molecule has 0 aliphatic rings. The minimum absolute atomic E-state index is 0.0745. The SMILES string of the molecule is C/C(=C/C(=O)O)C(=O)O[Si](c1ccccc1)(c1ccccc1)C(C)(C)C. The fourth-order valence-corrected chi connectivity index (χ4v) is 7.48. The molecule has 0 radical (unpaired) electrons. The molecule has 26 heavy (non-hydrogen) atoms. The first kappa shape index (κ1) is 19.7. The molecule has 0 saturated heterocycles. The lowest BCUT2D eigenvalue weighted by Gasteiger charge is -2.42. The van der Waals surface area contributed by atoms with Gasteiger partial charge in [-0.05, 0) is 22.3 Å². The zero-order valence-corrected chi connectivity index (χ0v) is 16.5. The average Bonchev–Trinajstić information content (AvgIpc) is 2.59. The molecule has 2 rings (SSSR count). The molecular formula is C21H24O4Si. The maximum atomic E-state index is 12.8. The van der Waals surface area contributed by atoms with Gasteiger partial charge in [-0.25, -0.2) is 9.59 Å². The van der Waals surface area contributed by atoms with Gasteiger partial charge in [0, 0.05) is 11.6 Å². The van der Waals surface area contributed by atoms with Gasteiger partial charge in [0.2, 0.25) is 0 Å². The summed E-state index contributed by atoms with van der Waals surface area (Å²) < 4.78 is 6.21. The summed E-state index contributed by atoms with van der Waals surface area (Å²) in [6.07, 6.45) is 0.889. The highest BCUT2D eigenvalue weighted by molar-refractivity contribution is 7.00. The van der Waals surface area contributed by atoms with Gasteiger partial charge in [-0.1, -0.05) is 81.4 Å². The monoisotopic (exact) mass is 368 g/mol. The Labute approximate surface area is 155 Å². The fourth-order valence-electron chi connectivity index (χ4n) is 3.11. The van der Waals surface area contributed by atoms with Crippen LogP contribution >= 0.6 is 0 Å². The standard InChI is InChI=1S/C21H24O4Si/c1-16(15-19(22)23)20(24)25-26(21(2,3)4,17-11-7-5-8-12-17)18-13-9-6-10-14-18/h5-15H,1-4H3,(H,22,23)/b16-15-. The van der Waals surface area contributed by atoms with Crippen molar-refractivity contribution in [2.75, 3.05) is 0 Å². The number of hydrogen-bond acceptors (Lipinski definition) is 3. The summed E-state index contributed by atoms with van der Waals surface area (Å²) in [5.41, 5.74) is 0.0745. The van der Waals surface area contributed by atoms with E-state index >= 15 is 0 Å². The van der Waals surface area contributed by atoms with E-state index in [1.807, 2.05) is 60.7 Å². The number of benzene rings is 2. The van der Waals surface area contributed by atoms with Crippen LogP contribution in [-0.4, -0.2) is 25.4 Å². The van der Waals surface area contributed by atoms with E-state index < -0.39 is 20.3 Å². The van der Waals surface area contributed by atoms with Gasteiger partial charge in [-0.2, -0.15) is 0 Å². The van der Waals surface area contributed by atoms with Gasteiger partial charge in [0.05, 0.1) is 0 Å². The third-order valence-corrected chi connectivity index (χ3v) is 9.22. The smallest absolute Gasteiger partial charge is 0.328 e. The van der Waals surface area contributed by atoms with Crippen LogP contribution in [-0.2, 0) is 14.0 Å². The van der Waals surface area contributed by atoms with Crippen molar-refractivity contribution in [2.45, 2.75) is 32.7 Å². The van der Waals surface area contributed by atoms with Gasteiger partial charge in [0.15, 0.2) is 0 Å². The number of rotatable bonds is 5. The summed E-state index contributed by atoms with van der Waals surface area (Å²) >= 11 is 0. The molecule has 2 aromatic rings. The second-order valence-corrected chi connectivity index (χ2v) is 11.4. The number of hydrogen-bond donors (Lipinski definition) is 1. The van der Waals surface area contributed by atoms with E-state index in [1.165, 1.54) is 6.92 Å². The zero-order chi connectivity index (χ0) is 19.4. The van der Waals surface area contributed by atoms with E-state index in [4.69, 9.17) is 9.53 Å². The van der Waals surface area contributed by atoms with Crippen molar-refractivity contribution < 1.29 is 19.1 Å². The Hall–Kier alpha value is -2.66. The molecule has 4 nitrogen and oxygen atoms in total. The molecule has 136 valence electrons. The first-order valence-electron chi connectivity index (χ1n) is 8.44. The minimum Gasteiger partial charge on any atom is -0.506 e. The van der Waals surface area contributed by atoms with Crippen molar-refractivity contribution in [3.8, 4) is 0 Å². The summed E-state index contributed by atoms with van der Waals surface area (Å²) in [6.45, 7) is 7.64. The van der Waals surface area contributed by atoms with Gasteiger partial charge in [0.1, 0.15) is 0 Å². The van der Waals surface area contributed by atoms with Gasteiger partial charge in [0.25, 0.3) is 0 Å². The van der Waals surface area contributed by atoms with Crippen molar-refractivity contribution in [2.24, 2.45) is 0 Å². The molecule has 0 amide bonds. The molecule has 0 aliphatic carbocycles. The normalized spacial score (nSPS) is 12.5. The second kappa shape index (κ2) is 7.70. The van der Waals surface area contributed by atoms with Crippen LogP contribution in [0.3, 0.4) is 0 Å².